The molecule has 1 aromatic heterocycles. The van der Waals surface area contributed by atoms with Gasteiger partial charge in [0.2, 0.25) is 10.0 Å². The zero-order valence-electron chi connectivity index (χ0n) is 19.1. The monoisotopic (exact) mass is 471 g/mol. The van der Waals surface area contributed by atoms with Crippen molar-refractivity contribution in [3.8, 4) is 5.75 Å². The molecule has 1 aliphatic heterocycles. The molecular weight excluding hydrogens is 442 g/mol. The fourth-order valence-corrected chi connectivity index (χ4v) is 5.33. The third-order valence-corrected chi connectivity index (χ3v) is 7.69. The van der Waals surface area contributed by atoms with Crippen molar-refractivity contribution in [3.63, 3.8) is 0 Å². The predicted octanol–water partition coefficient (Wildman–Crippen LogP) is 3.26. The zero-order chi connectivity index (χ0) is 23.6. The topological polar surface area (TPSA) is 92.1 Å². The molecular formula is C24H29N3O5S. The number of likely N-dealkylation sites (N-methyl/N-ethyl adjacent to an activating group) is 1. The molecule has 1 aliphatic rings. The van der Waals surface area contributed by atoms with Gasteiger partial charge in [-0.05, 0) is 51.2 Å². The summed E-state index contributed by atoms with van der Waals surface area (Å²) >= 11 is 0. The number of amides is 1. The second-order valence-electron chi connectivity index (χ2n) is 8.19. The van der Waals surface area contributed by atoms with Crippen LogP contribution in [0.15, 0.2) is 57.8 Å². The number of ether oxygens (including phenoxy) is 1. The summed E-state index contributed by atoms with van der Waals surface area (Å²) in [6.07, 6.45) is 0. The maximum absolute atomic E-state index is 13.0. The summed E-state index contributed by atoms with van der Waals surface area (Å²) in [4.78, 5) is 15.1. The summed E-state index contributed by atoms with van der Waals surface area (Å²) in [5, 5.41) is 3.79. The second-order valence-corrected chi connectivity index (χ2v) is 10.1. The Labute approximate surface area is 194 Å². The highest BCUT2D eigenvalue weighted by atomic mass is 32.2. The molecule has 3 aromatic rings. The van der Waals surface area contributed by atoms with Crippen LogP contribution in [0.25, 0.3) is 11.0 Å². The van der Waals surface area contributed by atoms with Crippen LogP contribution in [0.4, 0.5) is 0 Å². The van der Waals surface area contributed by atoms with Gasteiger partial charge in [-0.25, -0.2) is 8.42 Å². The highest BCUT2D eigenvalue weighted by molar-refractivity contribution is 7.89. The van der Waals surface area contributed by atoms with E-state index in [1.54, 1.807) is 12.1 Å². The lowest BCUT2D eigenvalue weighted by atomic mass is 10.1. The van der Waals surface area contributed by atoms with Crippen molar-refractivity contribution in [1.82, 2.24) is 14.5 Å². The number of nitrogens with zero attached hydrogens (tertiary/aromatic N) is 2. The van der Waals surface area contributed by atoms with Gasteiger partial charge in [0.1, 0.15) is 5.76 Å². The van der Waals surface area contributed by atoms with Gasteiger partial charge < -0.3 is 19.4 Å². The fourth-order valence-electron chi connectivity index (χ4n) is 3.87. The van der Waals surface area contributed by atoms with Crippen molar-refractivity contribution in [1.29, 1.82) is 0 Å². The molecule has 8 nitrogen and oxygen atoms in total. The molecule has 0 saturated carbocycles. The van der Waals surface area contributed by atoms with E-state index in [0.29, 0.717) is 49.9 Å². The number of carbonyl (C=O) groups excluding carboxylic acids is 1. The Morgan fingerprint density at radius 3 is 2.58 bits per heavy atom. The van der Waals surface area contributed by atoms with Crippen LogP contribution in [-0.2, 0) is 10.0 Å². The number of para-hydroxylation sites is 1. The highest BCUT2D eigenvalue weighted by Crippen LogP contribution is 2.31. The van der Waals surface area contributed by atoms with Crippen molar-refractivity contribution in [2.45, 2.75) is 24.8 Å². The first-order valence-electron chi connectivity index (χ1n) is 11.0. The van der Waals surface area contributed by atoms with Gasteiger partial charge in [-0.1, -0.05) is 18.2 Å². The number of piperazine rings is 1. The Morgan fingerprint density at radius 1 is 1.12 bits per heavy atom. The normalized spacial score (nSPS) is 16.6. The molecule has 1 amide bonds. The van der Waals surface area contributed by atoms with Gasteiger partial charge in [0, 0.05) is 37.1 Å². The van der Waals surface area contributed by atoms with Crippen LogP contribution in [0.5, 0.6) is 5.75 Å². The Balaban J connectivity index is 1.51. The minimum Gasteiger partial charge on any atom is -0.490 e. The summed E-state index contributed by atoms with van der Waals surface area (Å²) in [6, 6.07) is 13.3. The van der Waals surface area contributed by atoms with Crippen LogP contribution in [0, 0.1) is 0 Å². The number of hydrogen-bond acceptors (Lipinski definition) is 6. The summed E-state index contributed by atoms with van der Waals surface area (Å²) < 4.78 is 39.1. The number of benzene rings is 2. The highest BCUT2D eigenvalue weighted by Gasteiger charge is 2.28. The van der Waals surface area contributed by atoms with Crippen molar-refractivity contribution >= 4 is 26.9 Å². The summed E-state index contributed by atoms with van der Waals surface area (Å²) in [5.74, 6) is 0.872. The molecule has 0 spiro atoms. The largest absolute Gasteiger partial charge is 0.490 e. The van der Waals surface area contributed by atoms with Gasteiger partial charge in [-0.2, -0.15) is 4.31 Å². The summed E-state index contributed by atoms with van der Waals surface area (Å²) in [5.41, 5.74) is 0.916. The Hall–Kier alpha value is -2.88. The molecule has 0 radical (unpaired) electrons. The van der Waals surface area contributed by atoms with Crippen LogP contribution in [0.3, 0.4) is 0 Å². The molecule has 176 valence electrons. The van der Waals surface area contributed by atoms with Crippen molar-refractivity contribution in [3.05, 3.63) is 59.9 Å². The van der Waals surface area contributed by atoms with Gasteiger partial charge in [-0.15, -0.1) is 0 Å². The molecule has 1 fully saturated rings. The Morgan fingerprint density at radius 2 is 1.85 bits per heavy atom. The smallest absolute Gasteiger partial charge is 0.251 e. The maximum Gasteiger partial charge on any atom is 0.251 e. The lowest BCUT2D eigenvalue weighted by Crippen LogP contribution is -2.47. The minimum atomic E-state index is -3.66. The van der Waals surface area contributed by atoms with Crippen LogP contribution in [0.1, 0.15) is 36.0 Å². The Bertz CT molecular complexity index is 1250. The van der Waals surface area contributed by atoms with E-state index in [1.165, 1.54) is 16.4 Å². The van der Waals surface area contributed by atoms with Crippen LogP contribution in [0.2, 0.25) is 0 Å². The second kappa shape index (κ2) is 9.54. The first kappa shape index (κ1) is 23.3. The van der Waals surface area contributed by atoms with E-state index in [9.17, 15) is 13.2 Å². The molecule has 1 N–H and O–H groups in total. The van der Waals surface area contributed by atoms with Gasteiger partial charge in [0.25, 0.3) is 5.91 Å². The fraction of sp³-hybridized carbons (Fsp3) is 0.375. The van der Waals surface area contributed by atoms with Crippen molar-refractivity contribution in [2.75, 3.05) is 39.8 Å². The number of nitrogens with one attached hydrogen (secondary N) is 1. The quantitative estimate of drug-likeness (QED) is 0.569. The maximum atomic E-state index is 13.0. The first-order valence-corrected chi connectivity index (χ1v) is 12.5. The van der Waals surface area contributed by atoms with E-state index in [2.05, 4.69) is 10.2 Å². The van der Waals surface area contributed by atoms with E-state index in [0.717, 1.165) is 5.39 Å². The molecule has 1 atom stereocenters. The van der Waals surface area contributed by atoms with E-state index in [4.69, 9.17) is 9.15 Å². The average molecular weight is 472 g/mol. The standard InChI is InChI=1S/C24H29N3O5S/c1-4-31-21-10-6-7-18-16-22(32-23(18)21)17(2)25-24(28)19-8-5-9-20(15-19)33(29,30)27-13-11-26(3)12-14-27/h5-10,15-17H,4,11-14H2,1-3H3,(H,25,28). The van der Waals surface area contributed by atoms with Gasteiger partial charge >= 0.3 is 0 Å². The predicted molar refractivity (Wildman–Crippen MR) is 126 cm³/mol. The molecule has 33 heavy (non-hydrogen) atoms. The number of hydrogen-bond donors (Lipinski definition) is 1. The molecule has 1 saturated heterocycles. The lowest BCUT2D eigenvalue weighted by molar-refractivity contribution is 0.0935. The van der Waals surface area contributed by atoms with E-state index in [-0.39, 0.29) is 16.4 Å². The zero-order valence-corrected chi connectivity index (χ0v) is 19.9. The molecule has 0 aliphatic carbocycles. The number of sulfonamides is 1. The van der Waals surface area contributed by atoms with Crippen molar-refractivity contribution < 1.29 is 22.4 Å². The van der Waals surface area contributed by atoms with E-state index < -0.39 is 16.1 Å². The molecule has 0 bridgehead atoms. The molecule has 9 heteroatoms. The molecule has 4 rings (SSSR count). The first-order chi connectivity index (χ1) is 15.8. The van der Waals surface area contributed by atoms with Crippen LogP contribution < -0.4 is 10.1 Å². The molecule has 1 unspecified atom stereocenters. The van der Waals surface area contributed by atoms with Gasteiger partial charge in [0.15, 0.2) is 11.3 Å². The number of fused-ring (bicyclic) bond motifs is 1. The summed E-state index contributed by atoms with van der Waals surface area (Å²) in [7, 11) is -1.69. The molecule has 2 aromatic carbocycles. The number of furan rings is 1. The van der Waals surface area contributed by atoms with Gasteiger partial charge in [-0.3, -0.25) is 4.79 Å². The SMILES string of the molecule is CCOc1cccc2cc(C(C)NC(=O)c3cccc(S(=O)(=O)N4CCN(C)CC4)c3)oc12. The number of rotatable bonds is 7. The molecule has 2 heterocycles. The third kappa shape index (κ3) is 4.90. The third-order valence-electron chi connectivity index (χ3n) is 5.80. The van der Waals surface area contributed by atoms with E-state index in [1.807, 2.05) is 45.2 Å². The van der Waals surface area contributed by atoms with Crippen LogP contribution >= 0.6 is 0 Å². The lowest BCUT2D eigenvalue weighted by Gasteiger charge is -2.31. The van der Waals surface area contributed by atoms with Gasteiger partial charge in [0.05, 0.1) is 17.5 Å². The van der Waals surface area contributed by atoms with E-state index >= 15 is 0 Å². The Kier molecular flexibility index (Phi) is 6.73. The average Bonchev–Trinajstić information content (AvgIpc) is 3.25. The number of carbonyl (C=O) groups is 1. The van der Waals surface area contributed by atoms with Crippen molar-refractivity contribution in [2.24, 2.45) is 0 Å². The minimum absolute atomic E-state index is 0.123. The summed E-state index contributed by atoms with van der Waals surface area (Å²) in [6.45, 7) is 6.47. The van der Waals surface area contributed by atoms with Crippen LogP contribution in [-0.4, -0.2) is 63.4 Å².